The fraction of sp³-hybridized carbons (Fsp3) is 0.533. The van der Waals surface area contributed by atoms with Crippen LogP contribution in [0.3, 0.4) is 0 Å². The summed E-state index contributed by atoms with van der Waals surface area (Å²) in [6.07, 6.45) is 4.36. The Morgan fingerprint density at radius 1 is 1.06 bits per heavy atom. The molecule has 0 aromatic heterocycles. The lowest BCUT2D eigenvalue weighted by atomic mass is 10.0. The third-order valence-electron chi connectivity index (χ3n) is 2.87. The van der Waals surface area contributed by atoms with Gasteiger partial charge >= 0.3 is 0 Å². The average molecular weight is 250 g/mol. The van der Waals surface area contributed by atoms with E-state index in [0.717, 1.165) is 36.3 Å². The van der Waals surface area contributed by atoms with Crippen LogP contribution in [0.1, 0.15) is 38.2 Å². The second-order valence-corrected chi connectivity index (χ2v) is 4.39. The van der Waals surface area contributed by atoms with E-state index in [-0.39, 0.29) is 5.78 Å². The van der Waals surface area contributed by atoms with Crippen LogP contribution >= 0.6 is 0 Å². The molecule has 0 aliphatic rings. The molecule has 0 saturated heterocycles. The van der Waals surface area contributed by atoms with Gasteiger partial charge in [0.15, 0.2) is 0 Å². The SMILES string of the molecule is CCCCCC(=O)Cc1cc(OC)cc(OC)c1. The summed E-state index contributed by atoms with van der Waals surface area (Å²) in [5.74, 6) is 1.73. The van der Waals surface area contributed by atoms with Crippen molar-refractivity contribution in [3.05, 3.63) is 23.8 Å². The Kier molecular flexibility index (Phi) is 6.26. The van der Waals surface area contributed by atoms with Gasteiger partial charge in [0.25, 0.3) is 0 Å². The van der Waals surface area contributed by atoms with Gasteiger partial charge in [-0.3, -0.25) is 4.79 Å². The molecule has 0 fully saturated rings. The van der Waals surface area contributed by atoms with Crippen molar-refractivity contribution in [3.8, 4) is 11.5 Å². The van der Waals surface area contributed by atoms with Crippen LogP contribution < -0.4 is 9.47 Å². The van der Waals surface area contributed by atoms with Gasteiger partial charge in [-0.15, -0.1) is 0 Å². The van der Waals surface area contributed by atoms with Gasteiger partial charge in [-0.25, -0.2) is 0 Å². The molecule has 0 N–H and O–H groups in total. The van der Waals surface area contributed by atoms with Gasteiger partial charge in [-0.2, -0.15) is 0 Å². The molecule has 0 aliphatic heterocycles. The summed E-state index contributed by atoms with van der Waals surface area (Å²) in [7, 11) is 3.23. The van der Waals surface area contributed by atoms with Gasteiger partial charge in [0.1, 0.15) is 17.3 Å². The molecule has 0 saturated carbocycles. The molecule has 3 nitrogen and oxygen atoms in total. The van der Waals surface area contributed by atoms with Crippen LogP contribution in [0.25, 0.3) is 0 Å². The van der Waals surface area contributed by atoms with Crippen molar-refractivity contribution in [2.75, 3.05) is 14.2 Å². The van der Waals surface area contributed by atoms with Crippen molar-refractivity contribution in [1.29, 1.82) is 0 Å². The van der Waals surface area contributed by atoms with Gasteiger partial charge in [-0.05, 0) is 24.1 Å². The normalized spacial score (nSPS) is 10.2. The molecule has 1 aromatic carbocycles. The number of unbranched alkanes of at least 4 members (excludes halogenated alkanes) is 2. The molecule has 0 heterocycles. The maximum Gasteiger partial charge on any atom is 0.137 e. The van der Waals surface area contributed by atoms with E-state index in [1.807, 2.05) is 18.2 Å². The molecule has 1 aromatic rings. The summed E-state index contributed by atoms with van der Waals surface area (Å²) in [5.41, 5.74) is 0.952. The summed E-state index contributed by atoms with van der Waals surface area (Å²) in [6.45, 7) is 2.14. The number of carbonyl (C=O) groups is 1. The molecule has 1 rings (SSSR count). The molecule has 3 heteroatoms. The number of Topliss-reactive ketones (excluding diaryl/α,β-unsaturated/α-hetero) is 1. The van der Waals surface area contributed by atoms with Crippen molar-refractivity contribution in [2.24, 2.45) is 0 Å². The standard InChI is InChI=1S/C15H22O3/c1-4-5-6-7-13(16)8-12-9-14(17-2)11-15(10-12)18-3/h9-11H,4-8H2,1-3H3. The number of rotatable bonds is 8. The molecule has 0 aliphatic carbocycles. The second kappa shape index (κ2) is 7.75. The molecule has 0 atom stereocenters. The van der Waals surface area contributed by atoms with E-state index in [4.69, 9.17) is 9.47 Å². The van der Waals surface area contributed by atoms with Crippen LogP contribution in [-0.4, -0.2) is 20.0 Å². The summed E-state index contributed by atoms with van der Waals surface area (Å²) < 4.78 is 10.4. The highest BCUT2D eigenvalue weighted by Gasteiger charge is 2.07. The smallest absolute Gasteiger partial charge is 0.137 e. The Bertz CT molecular complexity index is 363. The minimum atomic E-state index is 0.277. The quantitative estimate of drug-likeness (QED) is 0.663. The van der Waals surface area contributed by atoms with Gasteiger partial charge in [0.2, 0.25) is 0 Å². The fourth-order valence-corrected chi connectivity index (χ4v) is 1.86. The Labute approximate surface area is 109 Å². The monoisotopic (exact) mass is 250 g/mol. The lowest BCUT2D eigenvalue weighted by Crippen LogP contribution is -2.03. The molecule has 0 unspecified atom stereocenters. The van der Waals surface area contributed by atoms with E-state index in [1.54, 1.807) is 14.2 Å². The van der Waals surface area contributed by atoms with Crippen molar-refractivity contribution in [3.63, 3.8) is 0 Å². The highest BCUT2D eigenvalue weighted by atomic mass is 16.5. The summed E-state index contributed by atoms with van der Waals surface area (Å²) in [4.78, 5) is 11.8. The molecule has 0 spiro atoms. The van der Waals surface area contributed by atoms with Crippen LogP contribution in [0.4, 0.5) is 0 Å². The van der Waals surface area contributed by atoms with E-state index in [2.05, 4.69) is 6.92 Å². The zero-order valence-electron chi connectivity index (χ0n) is 11.5. The highest BCUT2D eigenvalue weighted by Crippen LogP contribution is 2.23. The number of hydrogen-bond donors (Lipinski definition) is 0. The Morgan fingerprint density at radius 2 is 1.67 bits per heavy atom. The second-order valence-electron chi connectivity index (χ2n) is 4.39. The molecule has 100 valence electrons. The first-order valence-corrected chi connectivity index (χ1v) is 6.43. The predicted octanol–water partition coefficient (Wildman–Crippen LogP) is 3.40. The van der Waals surface area contributed by atoms with Crippen molar-refractivity contribution >= 4 is 5.78 Å². The third kappa shape index (κ3) is 4.78. The maximum absolute atomic E-state index is 11.8. The highest BCUT2D eigenvalue weighted by molar-refractivity contribution is 5.81. The first-order chi connectivity index (χ1) is 8.69. The Morgan fingerprint density at radius 3 is 2.17 bits per heavy atom. The molecule has 0 amide bonds. The minimum absolute atomic E-state index is 0.277. The fourth-order valence-electron chi connectivity index (χ4n) is 1.86. The first kappa shape index (κ1) is 14.6. The molecule has 0 radical (unpaired) electrons. The number of benzene rings is 1. The average Bonchev–Trinajstić information content (AvgIpc) is 2.38. The number of ketones is 1. The Balaban J connectivity index is 2.62. The van der Waals surface area contributed by atoms with Crippen molar-refractivity contribution in [1.82, 2.24) is 0 Å². The Hall–Kier alpha value is -1.51. The first-order valence-electron chi connectivity index (χ1n) is 6.43. The van der Waals surface area contributed by atoms with Gasteiger partial charge in [-0.1, -0.05) is 19.8 Å². The van der Waals surface area contributed by atoms with Crippen molar-refractivity contribution < 1.29 is 14.3 Å². The van der Waals surface area contributed by atoms with E-state index >= 15 is 0 Å². The van der Waals surface area contributed by atoms with E-state index in [1.165, 1.54) is 0 Å². The lowest BCUT2D eigenvalue weighted by molar-refractivity contribution is -0.118. The van der Waals surface area contributed by atoms with Crippen LogP contribution in [0.5, 0.6) is 11.5 Å². The molecule has 18 heavy (non-hydrogen) atoms. The summed E-state index contributed by atoms with van der Waals surface area (Å²) in [6, 6.07) is 5.59. The lowest BCUT2D eigenvalue weighted by Gasteiger charge is -2.08. The molecule has 0 bridgehead atoms. The van der Waals surface area contributed by atoms with E-state index < -0.39 is 0 Å². The predicted molar refractivity (Wildman–Crippen MR) is 72.4 cm³/mol. The summed E-state index contributed by atoms with van der Waals surface area (Å²) in [5, 5.41) is 0. The number of carbonyl (C=O) groups excluding carboxylic acids is 1. The van der Waals surface area contributed by atoms with Crippen LogP contribution in [0.15, 0.2) is 18.2 Å². The third-order valence-corrected chi connectivity index (χ3v) is 2.87. The van der Waals surface area contributed by atoms with Crippen LogP contribution in [0.2, 0.25) is 0 Å². The number of hydrogen-bond acceptors (Lipinski definition) is 3. The van der Waals surface area contributed by atoms with E-state index in [0.29, 0.717) is 12.8 Å². The van der Waals surface area contributed by atoms with Crippen molar-refractivity contribution in [2.45, 2.75) is 39.0 Å². The molecular formula is C15H22O3. The number of methoxy groups -OCH3 is 2. The van der Waals surface area contributed by atoms with E-state index in [9.17, 15) is 4.79 Å². The van der Waals surface area contributed by atoms with Crippen LogP contribution in [0, 0.1) is 0 Å². The zero-order chi connectivity index (χ0) is 13.4. The largest absolute Gasteiger partial charge is 0.497 e. The topological polar surface area (TPSA) is 35.5 Å². The van der Waals surface area contributed by atoms with Crippen LogP contribution in [-0.2, 0) is 11.2 Å². The van der Waals surface area contributed by atoms with Gasteiger partial charge < -0.3 is 9.47 Å². The maximum atomic E-state index is 11.8. The number of ether oxygens (including phenoxy) is 2. The van der Waals surface area contributed by atoms with Gasteiger partial charge in [0, 0.05) is 18.9 Å². The minimum Gasteiger partial charge on any atom is -0.497 e. The summed E-state index contributed by atoms with van der Waals surface area (Å²) >= 11 is 0. The molecular weight excluding hydrogens is 228 g/mol. The zero-order valence-corrected chi connectivity index (χ0v) is 11.5. The van der Waals surface area contributed by atoms with Gasteiger partial charge in [0.05, 0.1) is 14.2 Å².